The molecule has 0 heterocycles. The van der Waals surface area contributed by atoms with Gasteiger partial charge in [0.15, 0.2) is 6.19 Å². The van der Waals surface area contributed by atoms with Gasteiger partial charge in [-0.3, -0.25) is 10.1 Å². The third-order valence-corrected chi connectivity index (χ3v) is 5.28. The van der Waals surface area contributed by atoms with E-state index in [1.165, 1.54) is 19.3 Å². The Labute approximate surface area is 103 Å². The lowest BCUT2D eigenvalue weighted by Crippen LogP contribution is -2.59. The van der Waals surface area contributed by atoms with Gasteiger partial charge in [-0.2, -0.15) is 5.26 Å². The van der Waals surface area contributed by atoms with Gasteiger partial charge >= 0.3 is 0 Å². The van der Waals surface area contributed by atoms with Gasteiger partial charge in [0.2, 0.25) is 5.91 Å². The number of carbonyl (C=O) groups is 1. The average molecular weight is 232 g/mol. The van der Waals surface area contributed by atoms with Crippen molar-refractivity contribution in [3.05, 3.63) is 0 Å². The quantitative estimate of drug-likeness (QED) is 0.558. The highest BCUT2D eigenvalue weighted by molar-refractivity contribution is 5.84. The number of nitrogens with zero attached hydrogens (tertiary/aromatic N) is 1. The topological polar surface area (TPSA) is 52.9 Å². The molecule has 0 aliphatic heterocycles. The second-order valence-corrected chi connectivity index (χ2v) is 7.48. The van der Waals surface area contributed by atoms with Gasteiger partial charge in [-0.15, -0.1) is 0 Å². The first-order chi connectivity index (χ1) is 7.89. The van der Waals surface area contributed by atoms with E-state index in [9.17, 15) is 4.79 Å². The summed E-state index contributed by atoms with van der Waals surface area (Å²) in [5, 5.41) is 11.1. The highest BCUT2D eigenvalue weighted by Gasteiger charge is 2.62. The van der Waals surface area contributed by atoms with E-state index < -0.39 is 0 Å². The third kappa shape index (κ3) is 1.50. The lowest BCUT2D eigenvalue weighted by molar-refractivity contribution is -0.169. The van der Waals surface area contributed by atoms with Crippen LogP contribution >= 0.6 is 0 Å². The Hall–Kier alpha value is -1.04. The zero-order valence-electron chi connectivity index (χ0n) is 10.7. The van der Waals surface area contributed by atoms with Gasteiger partial charge in [0.25, 0.3) is 0 Å². The van der Waals surface area contributed by atoms with E-state index in [1.807, 2.05) is 6.19 Å². The van der Waals surface area contributed by atoms with Crippen LogP contribution in [0.2, 0.25) is 0 Å². The second-order valence-electron chi connectivity index (χ2n) is 7.48. The number of hydrogen-bond acceptors (Lipinski definition) is 2. The van der Waals surface area contributed by atoms with Crippen molar-refractivity contribution in [1.82, 2.24) is 5.32 Å². The minimum atomic E-state index is -0.237. The van der Waals surface area contributed by atoms with Crippen LogP contribution in [0.3, 0.4) is 0 Å². The maximum Gasteiger partial charge on any atom is 0.239 e. The van der Waals surface area contributed by atoms with Gasteiger partial charge in [-0.1, -0.05) is 13.8 Å². The zero-order chi connectivity index (χ0) is 12.3. The van der Waals surface area contributed by atoms with Gasteiger partial charge in [-0.05, 0) is 55.3 Å². The molecule has 1 amide bonds. The van der Waals surface area contributed by atoms with Gasteiger partial charge in [0, 0.05) is 0 Å². The summed E-state index contributed by atoms with van der Waals surface area (Å²) in [5.74, 6) is 0.687. The Balaban J connectivity index is 1.98. The fourth-order valence-electron chi connectivity index (χ4n) is 5.88. The SMILES string of the molecule is CC12CC3CC(C)(C1)CC(C(=O)NC#N)(C3)C2. The van der Waals surface area contributed by atoms with Crippen LogP contribution in [-0.4, -0.2) is 5.91 Å². The number of nitrogens with one attached hydrogen (secondary N) is 1. The van der Waals surface area contributed by atoms with Gasteiger partial charge in [0.1, 0.15) is 0 Å². The molecule has 2 unspecified atom stereocenters. The molecule has 4 rings (SSSR count). The summed E-state index contributed by atoms with van der Waals surface area (Å²) in [6.45, 7) is 4.67. The van der Waals surface area contributed by atoms with Crippen molar-refractivity contribution in [2.75, 3.05) is 0 Å². The molecule has 17 heavy (non-hydrogen) atoms. The summed E-state index contributed by atoms with van der Waals surface area (Å²) >= 11 is 0. The zero-order valence-corrected chi connectivity index (χ0v) is 10.7. The largest absolute Gasteiger partial charge is 0.273 e. The van der Waals surface area contributed by atoms with Crippen molar-refractivity contribution < 1.29 is 4.79 Å². The summed E-state index contributed by atoms with van der Waals surface area (Å²) in [5.41, 5.74) is 0.431. The molecular weight excluding hydrogens is 212 g/mol. The molecule has 0 aromatic heterocycles. The fraction of sp³-hybridized carbons (Fsp3) is 0.857. The Morgan fingerprint density at radius 2 is 1.76 bits per heavy atom. The smallest absolute Gasteiger partial charge is 0.239 e. The maximum atomic E-state index is 12.2. The third-order valence-electron chi connectivity index (χ3n) is 5.28. The van der Waals surface area contributed by atoms with Crippen molar-refractivity contribution in [3.63, 3.8) is 0 Å². The molecule has 0 saturated heterocycles. The van der Waals surface area contributed by atoms with E-state index >= 15 is 0 Å². The Kier molecular flexibility index (Phi) is 1.98. The number of nitriles is 1. The molecule has 92 valence electrons. The van der Waals surface area contributed by atoms with Crippen LogP contribution in [0.1, 0.15) is 52.4 Å². The van der Waals surface area contributed by atoms with Crippen LogP contribution in [0.15, 0.2) is 0 Å². The van der Waals surface area contributed by atoms with Gasteiger partial charge < -0.3 is 0 Å². The minimum Gasteiger partial charge on any atom is -0.273 e. The van der Waals surface area contributed by atoms with E-state index in [-0.39, 0.29) is 11.3 Å². The first-order valence-electron chi connectivity index (χ1n) is 6.58. The van der Waals surface area contributed by atoms with E-state index in [0.717, 1.165) is 19.3 Å². The number of amides is 1. The number of rotatable bonds is 1. The molecule has 0 aromatic rings. The van der Waals surface area contributed by atoms with Crippen LogP contribution in [0, 0.1) is 33.6 Å². The predicted molar refractivity (Wildman–Crippen MR) is 63.6 cm³/mol. The predicted octanol–water partition coefficient (Wildman–Crippen LogP) is 2.58. The highest BCUT2D eigenvalue weighted by atomic mass is 16.2. The molecular formula is C14H20N2O. The maximum absolute atomic E-state index is 12.2. The number of hydrogen-bond donors (Lipinski definition) is 1. The molecule has 4 aliphatic carbocycles. The van der Waals surface area contributed by atoms with Crippen LogP contribution in [-0.2, 0) is 4.79 Å². The van der Waals surface area contributed by atoms with Gasteiger partial charge in [-0.25, -0.2) is 0 Å². The molecule has 0 aromatic carbocycles. The van der Waals surface area contributed by atoms with E-state index in [4.69, 9.17) is 5.26 Å². The van der Waals surface area contributed by atoms with Crippen LogP contribution < -0.4 is 5.32 Å². The summed E-state index contributed by atoms with van der Waals surface area (Å²) in [6, 6.07) is 0. The molecule has 0 spiro atoms. The lowest BCUT2D eigenvalue weighted by Gasteiger charge is -2.64. The molecule has 4 saturated carbocycles. The van der Waals surface area contributed by atoms with Crippen molar-refractivity contribution in [2.45, 2.75) is 52.4 Å². The van der Waals surface area contributed by atoms with E-state index in [1.54, 1.807) is 0 Å². The molecule has 2 atom stereocenters. The summed E-state index contributed by atoms with van der Waals surface area (Å²) in [6.07, 6.45) is 8.62. The summed E-state index contributed by atoms with van der Waals surface area (Å²) < 4.78 is 0. The minimum absolute atomic E-state index is 0.0125. The van der Waals surface area contributed by atoms with E-state index in [2.05, 4.69) is 19.2 Å². The van der Waals surface area contributed by atoms with Gasteiger partial charge in [0.05, 0.1) is 5.41 Å². The van der Waals surface area contributed by atoms with Crippen LogP contribution in [0.4, 0.5) is 0 Å². The molecule has 3 nitrogen and oxygen atoms in total. The Bertz CT molecular complexity index is 404. The van der Waals surface area contributed by atoms with E-state index in [0.29, 0.717) is 16.7 Å². The Morgan fingerprint density at radius 3 is 2.24 bits per heavy atom. The monoisotopic (exact) mass is 232 g/mol. The lowest BCUT2D eigenvalue weighted by atomic mass is 9.40. The van der Waals surface area contributed by atoms with Crippen molar-refractivity contribution in [2.24, 2.45) is 22.2 Å². The van der Waals surface area contributed by atoms with Crippen molar-refractivity contribution >= 4 is 5.91 Å². The summed E-state index contributed by atoms with van der Waals surface area (Å²) in [4.78, 5) is 12.2. The van der Waals surface area contributed by atoms with Crippen LogP contribution in [0.5, 0.6) is 0 Å². The molecule has 3 heteroatoms. The molecule has 4 fully saturated rings. The number of carbonyl (C=O) groups excluding carboxylic acids is 1. The first-order valence-corrected chi connectivity index (χ1v) is 6.58. The molecule has 4 aliphatic rings. The molecule has 4 bridgehead atoms. The second kappa shape index (κ2) is 3.04. The van der Waals surface area contributed by atoms with Crippen molar-refractivity contribution in [1.29, 1.82) is 5.26 Å². The normalized spacial score (nSPS) is 51.0. The molecule has 0 radical (unpaired) electrons. The average Bonchev–Trinajstić information content (AvgIpc) is 2.11. The summed E-state index contributed by atoms with van der Waals surface area (Å²) in [7, 11) is 0. The molecule has 1 N–H and O–H groups in total. The highest BCUT2D eigenvalue weighted by Crippen LogP contribution is 2.69. The fourth-order valence-corrected chi connectivity index (χ4v) is 5.88. The standard InChI is InChI=1S/C14H20N2O/c1-12-3-10-4-13(2,6-12)8-14(5-10,7-12)11(17)16-9-15/h10H,3-8H2,1-2H3,(H,16,17). The van der Waals surface area contributed by atoms with Crippen molar-refractivity contribution in [3.8, 4) is 6.19 Å². The first kappa shape index (κ1) is 11.1. The Morgan fingerprint density at radius 1 is 1.18 bits per heavy atom. The van der Waals surface area contributed by atoms with Crippen LogP contribution in [0.25, 0.3) is 0 Å².